The summed E-state index contributed by atoms with van der Waals surface area (Å²) in [5.74, 6) is -1.75. The maximum atomic E-state index is 14.5. The Morgan fingerprint density at radius 3 is 2.51 bits per heavy atom. The van der Waals surface area contributed by atoms with Crippen molar-refractivity contribution in [2.75, 3.05) is 13.2 Å². The monoisotopic (exact) mass is 698 g/mol. The summed E-state index contributed by atoms with van der Waals surface area (Å²) < 4.78 is 17.3. The number of carbonyl (C=O) groups is 4. The predicted molar refractivity (Wildman–Crippen MR) is 188 cm³/mol. The van der Waals surface area contributed by atoms with Crippen LogP contribution in [0.4, 0.5) is 4.79 Å². The molecule has 2 N–H and O–H groups in total. The van der Waals surface area contributed by atoms with Crippen molar-refractivity contribution in [1.29, 1.82) is 0 Å². The van der Waals surface area contributed by atoms with Gasteiger partial charge in [-0.1, -0.05) is 50.4 Å². The third kappa shape index (κ3) is 9.04. The Kier molecular flexibility index (Phi) is 12.2. The van der Waals surface area contributed by atoms with Crippen LogP contribution < -0.4 is 15.4 Å². The van der Waals surface area contributed by atoms with Crippen LogP contribution in [0, 0.1) is 18.8 Å². The van der Waals surface area contributed by atoms with Crippen molar-refractivity contribution in [3.05, 3.63) is 47.6 Å². The number of halogens is 1. The van der Waals surface area contributed by atoms with Gasteiger partial charge in [-0.25, -0.2) is 14.6 Å². The minimum Gasteiger partial charge on any atom is -0.472 e. The Morgan fingerprint density at radius 1 is 1.16 bits per heavy atom. The van der Waals surface area contributed by atoms with E-state index >= 15 is 0 Å². The second-order valence-electron chi connectivity index (χ2n) is 14.3. The van der Waals surface area contributed by atoms with E-state index in [0.29, 0.717) is 35.6 Å². The molecule has 1 aromatic heterocycles. The molecule has 2 aliphatic rings. The van der Waals surface area contributed by atoms with Crippen molar-refractivity contribution < 1.29 is 33.4 Å². The summed E-state index contributed by atoms with van der Waals surface area (Å²) in [6.45, 7) is 16.6. The molecule has 11 nitrogen and oxygen atoms in total. The van der Waals surface area contributed by atoms with E-state index in [1.807, 2.05) is 32.9 Å². The number of pyridine rings is 1. The fourth-order valence-electron chi connectivity index (χ4n) is 6.49. The lowest BCUT2D eigenvalue weighted by atomic mass is 9.98. The minimum absolute atomic E-state index is 0.0423. The van der Waals surface area contributed by atoms with Gasteiger partial charge < -0.3 is 29.7 Å². The van der Waals surface area contributed by atoms with Gasteiger partial charge in [0.25, 0.3) is 0 Å². The molecule has 0 spiro atoms. The zero-order valence-electron chi connectivity index (χ0n) is 29.8. The van der Waals surface area contributed by atoms with Crippen LogP contribution in [0.5, 0.6) is 5.88 Å². The van der Waals surface area contributed by atoms with Crippen LogP contribution in [-0.4, -0.2) is 76.2 Å². The Morgan fingerprint density at radius 2 is 1.88 bits per heavy atom. The average molecular weight is 699 g/mol. The maximum absolute atomic E-state index is 14.5. The number of likely N-dealkylation sites (tertiary alicyclic amines) is 1. The molecule has 1 aromatic carbocycles. The summed E-state index contributed by atoms with van der Waals surface area (Å²) in [7, 11) is 0. The van der Waals surface area contributed by atoms with E-state index in [-0.39, 0.29) is 19.1 Å². The number of nitrogens with one attached hydrogen (secondary N) is 2. The summed E-state index contributed by atoms with van der Waals surface area (Å²) in [6, 6.07) is 3.51. The second kappa shape index (κ2) is 15.8. The van der Waals surface area contributed by atoms with E-state index in [9.17, 15) is 19.2 Å². The second-order valence-corrected chi connectivity index (χ2v) is 14.7. The summed E-state index contributed by atoms with van der Waals surface area (Å²) in [6.07, 6.45) is 6.18. The maximum Gasteiger partial charge on any atom is 0.408 e. The lowest BCUT2D eigenvalue weighted by Gasteiger charge is -2.31. The third-order valence-electron chi connectivity index (χ3n) is 9.31. The quantitative estimate of drug-likeness (QED) is 0.134. The van der Waals surface area contributed by atoms with E-state index in [0.717, 1.165) is 30.2 Å². The number of aromatic nitrogens is 1. The number of carbonyl (C=O) groups excluding carboxylic acids is 4. The zero-order valence-corrected chi connectivity index (χ0v) is 30.5. The molecule has 6 atom stereocenters. The van der Waals surface area contributed by atoms with E-state index in [1.165, 1.54) is 4.90 Å². The van der Waals surface area contributed by atoms with Crippen molar-refractivity contribution in [3.63, 3.8) is 0 Å². The van der Waals surface area contributed by atoms with Gasteiger partial charge in [-0.05, 0) is 89.3 Å². The number of rotatable bonds is 14. The van der Waals surface area contributed by atoms with Crippen LogP contribution in [0.25, 0.3) is 10.8 Å². The fourth-order valence-corrected chi connectivity index (χ4v) is 6.66. The van der Waals surface area contributed by atoms with Gasteiger partial charge in [0.05, 0.1) is 13.2 Å². The van der Waals surface area contributed by atoms with Crippen LogP contribution in [0.2, 0.25) is 5.02 Å². The lowest BCUT2D eigenvalue weighted by molar-refractivity contribution is -0.150. The Balaban J connectivity index is 1.67. The first kappa shape index (κ1) is 38.0. The molecule has 1 unspecified atom stereocenters. The number of amides is 3. The number of alkyl carbamates (subject to hydrolysis) is 1. The highest BCUT2D eigenvalue weighted by Crippen LogP contribution is 2.45. The first-order valence-corrected chi connectivity index (χ1v) is 17.6. The fraction of sp³-hybridized carbons (Fsp3) is 0.595. The predicted octanol–water partition coefficient (Wildman–Crippen LogP) is 6.28. The molecule has 2 aromatic rings. The van der Waals surface area contributed by atoms with E-state index in [2.05, 4.69) is 22.2 Å². The van der Waals surface area contributed by atoms with Gasteiger partial charge in [-0.3, -0.25) is 9.59 Å². The molecule has 268 valence electrons. The Bertz CT molecular complexity index is 1560. The number of allylic oxidation sites excluding steroid dienone is 1. The zero-order chi connectivity index (χ0) is 36.1. The Hall–Kier alpha value is -3.86. The number of hydrogen-bond donors (Lipinski definition) is 2. The van der Waals surface area contributed by atoms with Gasteiger partial charge in [0.1, 0.15) is 29.3 Å². The summed E-state index contributed by atoms with van der Waals surface area (Å²) in [4.78, 5) is 60.7. The summed E-state index contributed by atoms with van der Waals surface area (Å²) in [5, 5.41) is 7.87. The van der Waals surface area contributed by atoms with Crippen LogP contribution in [0.3, 0.4) is 0 Å². The molecule has 1 saturated carbocycles. The molecule has 12 heteroatoms. The molecule has 1 aliphatic heterocycles. The highest BCUT2D eigenvalue weighted by atomic mass is 35.5. The first-order valence-electron chi connectivity index (χ1n) is 17.2. The summed E-state index contributed by atoms with van der Waals surface area (Å²) >= 11 is 6.35. The van der Waals surface area contributed by atoms with Gasteiger partial charge in [-0.15, -0.1) is 6.58 Å². The molecule has 2 heterocycles. The van der Waals surface area contributed by atoms with Crippen LogP contribution >= 0.6 is 11.6 Å². The van der Waals surface area contributed by atoms with Crippen molar-refractivity contribution >= 4 is 46.3 Å². The largest absolute Gasteiger partial charge is 0.472 e. The van der Waals surface area contributed by atoms with Gasteiger partial charge >= 0.3 is 12.1 Å². The number of aryl methyl sites for hydroxylation is 1. The van der Waals surface area contributed by atoms with Crippen LogP contribution in [0.1, 0.15) is 85.6 Å². The number of nitrogens with zero attached hydrogens (tertiary/aromatic N) is 2. The molecule has 4 rings (SSSR count). The molecule has 1 aliphatic carbocycles. The lowest BCUT2D eigenvalue weighted by Crippen LogP contribution is -2.57. The highest BCUT2D eigenvalue weighted by molar-refractivity contribution is 6.31. The molecular formula is C37H51ClN4O7. The molecular weight excluding hydrogens is 648 g/mol. The van der Waals surface area contributed by atoms with Crippen molar-refractivity contribution in [1.82, 2.24) is 20.5 Å². The number of esters is 1. The highest BCUT2D eigenvalue weighted by Gasteiger charge is 2.61. The van der Waals surface area contributed by atoms with E-state index in [4.69, 9.17) is 25.8 Å². The molecule has 0 bridgehead atoms. The van der Waals surface area contributed by atoms with Crippen LogP contribution in [-0.2, 0) is 23.9 Å². The van der Waals surface area contributed by atoms with Crippen LogP contribution in [0.15, 0.2) is 37.1 Å². The Labute approximate surface area is 294 Å². The normalized spacial score (nSPS) is 23.8. The van der Waals surface area contributed by atoms with Crippen molar-refractivity contribution in [2.24, 2.45) is 11.8 Å². The number of ether oxygens (including phenoxy) is 3. The van der Waals surface area contributed by atoms with E-state index < -0.39 is 59.1 Å². The number of fused-ring (bicyclic) bond motifs is 1. The van der Waals surface area contributed by atoms with Gasteiger partial charge in [0, 0.05) is 22.5 Å². The molecule has 0 radical (unpaired) electrons. The SMILES string of the molecule is C=CCCCCC[C@H](NC(=O)OC(C)(C)C)C(=O)N1C[C@H](Oc2ncc(C)c3ccc(Cl)cc23)[C@@H](C)[C@H]1C(=O)N[C@]1(C(=O)OCC)CC1C. The average Bonchev–Trinajstić information content (AvgIpc) is 3.56. The smallest absolute Gasteiger partial charge is 0.408 e. The third-order valence-corrected chi connectivity index (χ3v) is 9.54. The minimum atomic E-state index is -1.16. The number of unbranched alkanes of at least 4 members (excludes halogenated alkanes) is 3. The first-order chi connectivity index (χ1) is 23.1. The van der Waals surface area contributed by atoms with Crippen molar-refractivity contribution in [2.45, 2.75) is 116 Å². The molecule has 49 heavy (non-hydrogen) atoms. The topological polar surface area (TPSA) is 136 Å². The standard InChI is InChI=1S/C37H51ClN4O7/c1-9-11-12-13-14-15-28(40-35(46)49-36(6,7)8)33(44)42-21-29(48-32-27-18-25(38)16-17-26(27)22(3)20-39-32)24(5)30(42)31(43)41-37(19-23(37)4)34(45)47-10-2/h9,16-18,20,23-24,28-30H,1,10-15,19,21H2,2-8H3,(H,40,46)(H,41,43)/t23?,24-,28+,29+,30+,37-/m1/s1. The van der Waals surface area contributed by atoms with Crippen molar-refractivity contribution in [3.8, 4) is 5.88 Å². The van der Waals surface area contributed by atoms with E-state index in [1.54, 1.807) is 46.0 Å². The molecule has 3 amide bonds. The van der Waals surface area contributed by atoms with Gasteiger partial charge in [-0.2, -0.15) is 0 Å². The number of hydrogen-bond acceptors (Lipinski definition) is 8. The molecule has 2 fully saturated rings. The molecule has 1 saturated heterocycles. The number of benzene rings is 1. The van der Waals surface area contributed by atoms with Gasteiger partial charge in [0.15, 0.2) is 0 Å². The van der Waals surface area contributed by atoms with Gasteiger partial charge in [0.2, 0.25) is 17.7 Å². The summed E-state index contributed by atoms with van der Waals surface area (Å²) in [5.41, 5.74) is -0.995.